The summed E-state index contributed by atoms with van der Waals surface area (Å²) in [6, 6.07) is 4.87. The molecule has 1 aromatic carbocycles. The van der Waals surface area contributed by atoms with Crippen molar-refractivity contribution in [2.75, 3.05) is 5.73 Å². The Bertz CT molecular complexity index is 368. The molecule has 2 N–H and O–H groups in total. The average Bonchev–Trinajstić information content (AvgIpc) is 2.14. The van der Waals surface area contributed by atoms with Crippen molar-refractivity contribution >= 4 is 12.0 Å². The van der Waals surface area contributed by atoms with E-state index < -0.39 is 0 Å². The lowest BCUT2D eigenvalue weighted by Crippen LogP contribution is -1.91. The molecule has 5 nitrogen and oxygen atoms in total. The molecule has 0 aromatic heterocycles. The predicted octanol–water partition coefficient (Wildman–Crippen LogP) is 1.89. The van der Waals surface area contributed by atoms with Crippen LogP contribution in [0.1, 0.15) is 15.9 Å². The second kappa shape index (κ2) is 4.13. The molecule has 0 radical (unpaired) electrons. The Morgan fingerprint density at radius 1 is 1.54 bits per heavy atom. The number of anilines is 1. The van der Waals surface area contributed by atoms with Crippen LogP contribution >= 0.6 is 0 Å². The van der Waals surface area contributed by atoms with Gasteiger partial charge in [0.2, 0.25) is 0 Å². The summed E-state index contributed by atoms with van der Waals surface area (Å²) >= 11 is 0. The van der Waals surface area contributed by atoms with Crippen molar-refractivity contribution in [3.8, 4) is 0 Å². The monoisotopic (exact) mass is 176 g/mol. The standard InChI is InChI=1S/C8H8N4O/c9-8-2-6(4-11-12-10)1-7(3-8)5-13/h1-3,5H,4,9H2. The number of hydrogen-bond acceptors (Lipinski definition) is 3. The summed E-state index contributed by atoms with van der Waals surface area (Å²) in [6.07, 6.45) is 0.704. The molecule has 5 heteroatoms. The Morgan fingerprint density at radius 3 is 2.92 bits per heavy atom. The van der Waals surface area contributed by atoms with Crippen LogP contribution in [-0.2, 0) is 6.54 Å². The van der Waals surface area contributed by atoms with Gasteiger partial charge in [-0.15, -0.1) is 0 Å². The zero-order valence-electron chi connectivity index (χ0n) is 6.84. The lowest BCUT2D eigenvalue weighted by Gasteiger charge is -1.99. The van der Waals surface area contributed by atoms with Crippen LogP contribution in [0.15, 0.2) is 23.3 Å². The number of carbonyl (C=O) groups excluding carboxylic acids is 1. The zero-order valence-corrected chi connectivity index (χ0v) is 6.84. The molecule has 1 rings (SSSR count). The van der Waals surface area contributed by atoms with Crippen LogP contribution in [0.25, 0.3) is 10.4 Å². The van der Waals surface area contributed by atoms with Crippen molar-refractivity contribution in [2.45, 2.75) is 6.54 Å². The Morgan fingerprint density at radius 2 is 2.31 bits per heavy atom. The number of carbonyl (C=O) groups is 1. The Kier molecular flexibility index (Phi) is 2.89. The van der Waals surface area contributed by atoms with Crippen molar-refractivity contribution in [1.29, 1.82) is 0 Å². The summed E-state index contributed by atoms with van der Waals surface area (Å²) in [6.45, 7) is 0.211. The van der Waals surface area contributed by atoms with E-state index in [2.05, 4.69) is 10.0 Å². The number of benzene rings is 1. The third kappa shape index (κ3) is 2.50. The van der Waals surface area contributed by atoms with Crippen molar-refractivity contribution in [2.24, 2.45) is 5.11 Å². The highest BCUT2D eigenvalue weighted by molar-refractivity contribution is 5.77. The summed E-state index contributed by atoms with van der Waals surface area (Å²) in [5.74, 6) is 0. The van der Waals surface area contributed by atoms with Gasteiger partial charge in [-0.1, -0.05) is 5.11 Å². The highest BCUT2D eigenvalue weighted by atomic mass is 16.1. The van der Waals surface area contributed by atoms with Gasteiger partial charge in [0.15, 0.2) is 0 Å². The normalized spacial score (nSPS) is 8.92. The molecule has 0 aliphatic heterocycles. The van der Waals surface area contributed by atoms with Crippen LogP contribution in [0.2, 0.25) is 0 Å². The van der Waals surface area contributed by atoms with E-state index in [1.165, 1.54) is 0 Å². The van der Waals surface area contributed by atoms with Crippen LogP contribution in [0.4, 0.5) is 5.69 Å². The number of nitrogens with zero attached hydrogens (tertiary/aromatic N) is 3. The predicted molar refractivity (Wildman–Crippen MR) is 49.1 cm³/mol. The summed E-state index contributed by atoms with van der Waals surface area (Å²) in [7, 11) is 0. The van der Waals surface area contributed by atoms with Crippen molar-refractivity contribution in [1.82, 2.24) is 0 Å². The van der Waals surface area contributed by atoms with Gasteiger partial charge in [0.1, 0.15) is 6.29 Å². The Labute approximate surface area is 74.8 Å². The van der Waals surface area contributed by atoms with E-state index in [9.17, 15) is 4.79 Å². The van der Waals surface area contributed by atoms with E-state index in [1.807, 2.05) is 0 Å². The molecule has 0 aliphatic carbocycles. The molecular formula is C8H8N4O. The maximum absolute atomic E-state index is 10.4. The van der Waals surface area contributed by atoms with E-state index >= 15 is 0 Å². The van der Waals surface area contributed by atoms with Gasteiger partial charge < -0.3 is 5.73 Å². The van der Waals surface area contributed by atoms with Gasteiger partial charge in [-0.05, 0) is 29.3 Å². The molecular weight excluding hydrogens is 168 g/mol. The third-order valence-corrected chi connectivity index (χ3v) is 1.49. The summed E-state index contributed by atoms with van der Waals surface area (Å²) < 4.78 is 0. The molecule has 0 amide bonds. The summed E-state index contributed by atoms with van der Waals surface area (Å²) in [5.41, 5.74) is 15.3. The molecule has 66 valence electrons. The van der Waals surface area contributed by atoms with E-state index in [4.69, 9.17) is 11.3 Å². The van der Waals surface area contributed by atoms with Gasteiger partial charge in [0.25, 0.3) is 0 Å². The Balaban J connectivity index is 3.00. The van der Waals surface area contributed by atoms with E-state index in [0.29, 0.717) is 17.5 Å². The third-order valence-electron chi connectivity index (χ3n) is 1.49. The van der Waals surface area contributed by atoms with E-state index in [0.717, 1.165) is 5.56 Å². The molecule has 0 saturated carbocycles. The first-order valence-corrected chi connectivity index (χ1v) is 3.61. The highest BCUT2D eigenvalue weighted by Gasteiger charge is 1.96. The van der Waals surface area contributed by atoms with Crippen LogP contribution in [0.5, 0.6) is 0 Å². The highest BCUT2D eigenvalue weighted by Crippen LogP contribution is 2.11. The molecule has 0 fully saturated rings. The quantitative estimate of drug-likeness (QED) is 0.250. The van der Waals surface area contributed by atoms with Gasteiger partial charge in [-0.25, -0.2) is 0 Å². The lowest BCUT2D eigenvalue weighted by molar-refractivity contribution is 0.112. The fourth-order valence-corrected chi connectivity index (χ4v) is 1.02. The number of nitrogens with two attached hydrogens (primary N) is 1. The molecule has 13 heavy (non-hydrogen) atoms. The number of rotatable bonds is 3. The number of azide groups is 1. The molecule has 1 aromatic rings. The van der Waals surface area contributed by atoms with Crippen LogP contribution in [0, 0.1) is 0 Å². The van der Waals surface area contributed by atoms with E-state index in [-0.39, 0.29) is 6.54 Å². The van der Waals surface area contributed by atoms with Gasteiger partial charge in [0, 0.05) is 16.2 Å². The summed E-state index contributed by atoms with van der Waals surface area (Å²) in [4.78, 5) is 13.0. The van der Waals surface area contributed by atoms with Crippen LogP contribution in [-0.4, -0.2) is 6.29 Å². The molecule has 0 saturated heterocycles. The minimum Gasteiger partial charge on any atom is -0.399 e. The molecule has 0 bridgehead atoms. The van der Waals surface area contributed by atoms with Gasteiger partial charge >= 0.3 is 0 Å². The molecule has 0 atom stereocenters. The minimum absolute atomic E-state index is 0.211. The van der Waals surface area contributed by atoms with Gasteiger partial charge in [0.05, 0.1) is 6.54 Å². The zero-order chi connectivity index (χ0) is 9.68. The lowest BCUT2D eigenvalue weighted by atomic mass is 10.1. The SMILES string of the molecule is [N-]=[N+]=NCc1cc(N)cc(C=O)c1. The number of hydrogen-bond donors (Lipinski definition) is 1. The van der Waals surface area contributed by atoms with Crippen molar-refractivity contribution < 1.29 is 4.79 Å². The van der Waals surface area contributed by atoms with Gasteiger partial charge in [-0.3, -0.25) is 4.79 Å². The molecule has 0 heterocycles. The first-order valence-electron chi connectivity index (χ1n) is 3.61. The smallest absolute Gasteiger partial charge is 0.150 e. The van der Waals surface area contributed by atoms with E-state index in [1.54, 1.807) is 18.2 Å². The maximum Gasteiger partial charge on any atom is 0.150 e. The fraction of sp³-hybridized carbons (Fsp3) is 0.125. The van der Waals surface area contributed by atoms with Crippen LogP contribution in [0.3, 0.4) is 0 Å². The summed E-state index contributed by atoms with van der Waals surface area (Å²) in [5, 5.41) is 3.37. The fourth-order valence-electron chi connectivity index (χ4n) is 1.02. The van der Waals surface area contributed by atoms with Crippen molar-refractivity contribution in [3.63, 3.8) is 0 Å². The largest absolute Gasteiger partial charge is 0.399 e. The Hall–Kier alpha value is -2.00. The second-order valence-corrected chi connectivity index (χ2v) is 2.51. The number of aldehydes is 1. The van der Waals surface area contributed by atoms with Crippen molar-refractivity contribution in [3.05, 3.63) is 39.8 Å². The topological polar surface area (TPSA) is 91.8 Å². The minimum atomic E-state index is 0.211. The molecule has 0 aliphatic rings. The maximum atomic E-state index is 10.4. The first kappa shape index (κ1) is 9.09. The average molecular weight is 176 g/mol. The van der Waals surface area contributed by atoms with Crippen LogP contribution < -0.4 is 5.73 Å². The molecule has 0 unspecified atom stereocenters. The van der Waals surface area contributed by atoms with Gasteiger partial charge in [-0.2, -0.15) is 0 Å². The second-order valence-electron chi connectivity index (χ2n) is 2.51. The first-order chi connectivity index (χ1) is 6.26. The number of nitrogen functional groups attached to an aromatic ring is 1. The molecule has 0 spiro atoms.